The molecule has 1 aliphatic rings. The van der Waals surface area contributed by atoms with Crippen LogP contribution in [0.1, 0.15) is 31.5 Å². The molecule has 0 aliphatic carbocycles. The minimum Gasteiger partial charge on any atom is -0.481 e. The topological polar surface area (TPSA) is 72.2 Å². The van der Waals surface area contributed by atoms with Crippen molar-refractivity contribution in [1.82, 2.24) is 9.55 Å². The number of hydrogen-bond donors (Lipinski definition) is 1. The van der Waals surface area contributed by atoms with Crippen molar-refractivity contribution in [1.29, 1.82) is 0 Å². The summed E-state index contributed by atoms with van der Waals surface area (Å²) in [5.41, 5.74) is 0.668. The van der Waals surface area contributed by atoms with Crippen LogP contribution in [0.5, 0.6) is 0 Å². The molecule has 6 heteroatoms. The third kappa shape index (κ3) is 2.52. The van der Waals surface area contributed by atoms with E-state index in [4.69, 9.17) is 5.11 Å². The zero-order valence-electron chi connectivity index (χ0n) is 9.55. The number of nitrogens with zero attached hydrogens (tertiary/aromatic N) is 2. The number of hydrogen-bond acceptors (Lipinski definition) is 4. The Morgan fingerprint density at radius 2 is 2.47 bits per heavy atom. The predicted molar refractivity (Wildman–Crippen MR) is 64.5 cm³/mol. The van der Waals surface area contributed by atoms with Gasteiger partial charge in [-0.3, -0.25) is 14.2 Å². The van der Waals surface area contributed by atoms with E-state index in [9.17, 15) is 9.59 Å². The van der Waals surface area contributed by atoms with Gasteiger partial charge in [-0.1, -0.05) is 25.1 Å². The molecule has 0 amide bonds. The molecule has 0 saturated carbocycles. The Morgan fingerprint density at radius 3 is 3.12 bits per heavy atom. The van der Waals surface area contributed by atoms with Gasteiger partial charge in [-0.05, 0) is 6.42 Å². The van der Waals surface area contributed by atoms with E-state index in [2.05, 4.69) is 4.98 Å². The van der Waals surface area contributed by atoms with Crippen molar-refractivity contribution in [2.45, 2.75) is 37.4 Å². The van der Waals surface area contributed by atoms with Gasteiger partial charge in [0, 0.05) is 17.5 Å². The van der Waals surface area contributed by atoms with Gasteiger partial charge in [0.15, 0.2) is 5.16 Å². The predicted octanol–water partition coefficient (Wildman–Crippen LogP) is 1.32. The first-order valence-electron chi connectivity index (χ1n) is 5.59. The fourth-order valence-corrected chi connectivity index (χ4v) is 3.10. The highest BCUT2D eigenvalue weighted by atomic mass is 32.2. The van der Waals surface area contributed by atoms with Gasteiger partial charge in [0.25, 0.3) is 5.56 Å². The Labute approximate surface area is 103 Å². The van der Waals surface area contributed by atoms with Crippen molar-refractivity contribution in [3.63, 3.8) is 0 Å². The second-order valence-electron chi connectivity index (χ2n) is 4.05. The molecular weight excluding hydrogens is 240 g/mol. The number of carboxylic acid groups (broad SMARTS) is 1. The van der Waals surface area contributed by atoms with Crippen LogP contribution in [0, 0.1) is 0 Å². The number of thioether (sulfide) groups is 1. The zero-order chi connectivity index (χ0) is 12.4. The molecule has 1 N–H and O–H groups in total. The smallest absolute Gasteiger partial charge is 0.305 e. The Bertz CT molecular complexity index is 498. The summed E-state index contributed by atoms with van der Waals surface area (Å²) in [7, 11) is 0. The second kappa shape index (κ2) is 4.91. The third-order valence-corrected chi connectivity index (χ3v) is 3.76. The normalized spacial score (nSPS) is 18.1. The third-order valence-electron chi connectivity index (χ3n) is 2.66. The number of carbonyl (C=O) groups is 1. The van der Waals surface area contributed by atoms with Gasteiger partial charge < -0.3 is 5.11 Å². The van der Waals surface area contributed by atoms with Gasteiger partial charge in [0.05, 0.1) is 12.5 Å². The first-order valence-corrected chi connectivity index (χ1v) is 6.57. The Kier molecular flexibility index (Phi) is 3.51. The van der Waals surface area contributed by atoms with E-state index in [1.807, 2.05) is 6.92 Å². The summed E-state index contributed by atoms with van der Waals surface area (Å²) in [5, 5.41) is 9.44. The molecule has 0 spiro atoms. The molecule has 1 aliphatic heterocycles. The summed E-state index contributed by atoms with van der Waals surface area (Å²) >= 11 is 1.46. The lowest BCUT2D eigenvalue weighted by Gasteiger charge is -2.10. The summed E-state index contributed by atoms with van der Waals surface area (Å²) in [6.07, 6.45) is 1.71. The standard InChI is InChI=1S/C11H14N2O3S/c1-2-3-7-4-9(14)13-8(5-10(15)16)6-17-11(13)12-7/h4,8H,2-3,5-6H2,1H3,(H,15,16). The van der Waals surface area contributed by atoms with Crippen LogP contribution in [0.4, 0.5) is 0 Å². The molecule has 92 valence electrons. The van der Waals surface area contributed by atoms with E-state index >= 15 is 0 Å². The molecule has 1 aromatic heterocycles. The highest BCUT2D eigenvalue weighted by molar-refractivity contribution is 7.99. The maximum Gasteiger partial charge on any atom is 0.305 e. The van der Waals surface area contributed by atoms with E-state index in [-0.39, 0.29) is 18.0 Å². The monoisotopic (exact) mass is 254 g/mol. The van der Waals surface area contributed by atoms with Crippen LogP contribution < -0.4 is 5.56 Å². The molecule has 1 aromatic rings. The zero-order valence-corrected chi connectivity index (χ0v) is 10.4. The molecule has 1 unspecified atom stereocenters. The van der Waals surface area contributed by atoms with Gasteiger partial charge in [0.1, 0.15) is 0 Å². The van der Waals surface area contributed by atoms with E-state index in [1.165, 1.54) is 22.4 Å². The minimum atomic E-state index is -0.881. The summed E-state index contributed by atoms with van der Waals surface area (Å²) < 4.78 is 1.51. The van der Waals surface area contributed by atoms with E-state index < -0.39 is 5.97 Å². The SMILES string of the molecule is CCCc1cc(=O)n2c(n1)SCC2CC(=O)O. The minimum absolute atomic E-state index is 0.0191. The largest absolute Gasteiger partial charge is 0.481 e. The van der Waals surface area contributed by atoms with Crippen LogP contribution in [-0.2, 0) is 11.2 Å². The maximum atomic E-state index is 11.9. The number of fused-ring (bicyclic) bond motifs is 1. The maximum absolute atomic E-state index is 11.9. The van der Waals surface area contributed by atoms with Crippen LogP contribution in [-0.4, -0.2) is 26.4 Å². The van der Waals surface area contributed by atoms with Crippen molar-refractivity contribution >= 4 is 17.7 Å². The molecule has 0 saturated heterocycles. The molecule has 1 atom stereocenters. The van der Waals surface area contributed by atoms with Crippen molar-refractivity contribution < 1.29 is 9.90 Å². The fraction of sp³-hybridized carbons (Fsp3) is 0.545. The Hall–Kier alpha value is -1.30. The average Bonchev–Trinajstić information content (AvgIpc) is 2.61. The first kappa shape index (κ1) is 12.2. The lowest BCUT2D eigenvalue weighted by molar-refractivity contribution is -0.137. The van der Waals surface area contributed by atoms with Gasteiger partial charge in [0.2, 0.25) is 0 Å². The summed E-state index contributed by atoms with van der Waals surface area (Å²) in [5.74, 6) is -0.266. The summed E-state index contributed by atoms with van der Waals surface area (Å²) in [6.45, 7) is 2.03. The van der Waals surface area contributed by atoms with Gasteiger partial charge >= 0.3 is 5.97 Å². The lowest BCUT2D eigenvalue weighted by atomic mass is 10.2. The van der Waals surface area contributed by atoms with Crippen LogP contribution in [0.25, 0.3) is 0 Å². The Balaban J connectivity index is 2.34. The molecule has 2 rings (SSSR count). The van der Waals surface area contributed by atoms with Gasteiger partial charge in [-0.15, -0.1) is 0 Å². The van der Waals surface area contributed by atoms with Crippen LogP contribution >= 0.6 is 11.8 Å². The molecule has 0 aromatic carbocycles. The van der Waals surface area contributed by atoms with Gasteiger partial charge in [-0.25, -0.2) is 4.98 Å². The molecular formula is C11H14N2O3S. The van der Waals surface area contributed by atoms with Crippen molar-refractivity contribution in [2.24, 2.45) is 0 Å². The Morgan fingerprint density at radius 1 is 1.71 bits per heavy atom. The summed E-state index contributed by atoms with van der Waals surface area (Å²) in [4.78, 5) is 27.0. The number of aryl methyl sites for hydroxylation is 1. The molecule has 0 radical (unpaired) electrons. The van der Waals surface area contributed by atoms with E-state index in [0.29, 0.717) is 10.9 Å². The first-order chi connectivity index (χ1) is 8.11. The lowest BCUT2D eigenvalue weighted by Crippen LogP contribution is -2.26. The average molecular weight is 254 g/mol. The number of rotatable bonds is 4. The van der Waals surface area contributed by atoms with Crippen molar-refractivity contribution in [2.75, 3.05) is 5.75 Å². The summed E-state index contributed by atoms with van der Waals surface area (Å²) in [6, 6.07) is 1.26. The van der Waals surface area contributed by atoms with E-state index in [1.54, 1.807) is 0 Å². The highest BCUT2D eigenvalue weighted by Gasteiger charge is 2.27. The van der Waals surface area contributed by atoms with Crippen LogP contribution in [0.3, 0.4) is 0 Å². The molecule has 0 fully saturated rings. The van der Waals surface area contributed by atoms with Gasteiger partial charge in [-0.2, -0.15) is 0 Å². The van der Waals surface area contributed by atoms with Crippen molar-refractivity contribution in [3.05, 3.63) is 22.1 Å². The fourth-order valence-electron chi connectivity index (χ4n) is 1.93. The quantitative estimate of drug-likeness (QED) is 0.820. The molecule has 5 nitrogen and oxygen atoms in total. The highest BCUT2D eigenvalue weighted by Crippen LogP contribution is 2.31. The molecule has 2 heterocycles. The molecule has 17 heavy (non-hydrogen) atoms. The number of carboxylic acids is 1. The van der Waals surface area contributed by atoms with E-state index in [0.717, 1.165) is 18.5 Å². The van der Waals surface area contributed by atoms with Crippen LogP contribution in [0.15, 0.2) is 16.0 Å². The number of aromatic nitrogens is 2. The number of aliphatic carboxylic acids is 1. The molecule has 0 bridgehead atoms. The second-order valence-corrected chi connectivity index (χ2v) is 5.04. The van der Waals surface area contributed by atoms with Crippen molar-refractivity contribution in [3.8, 4) is 0 Å². The van der Waals surface area contributed by atoms with Crippen LogP contribution in [0.2, 0.25) is 0 Å².